The highest BCUT2D eigenvalue weighted by Gasteiger charge is 2.39. The second-order valence-corrected chi connectivity index (χ2v) is 11.7. The van der Waals surface area contributed by atoms with Gasteiger partial charge >= 0.3 is 12.1 Å². The van der Waals surface area contributed by atoms with E-state index in [1.54, 1.807) is 17.0 Å². The van der Waals surface area contributed by atoms with Crippen molar-refractivity contribution in [3.63, 3.8) is 0 Å². The Morgan fingerprint density at radius 3 is 2.51 bits per heavy atom. The van der Waals surface area contributed by atoms with E-state index in [1.165, 1.54) is 7.11 Å². The molecule has 0 saturated carbocycles. The lowest BCUT2D eigenvalue weighted by Crippen LogP contribution is -2.42. The topological polar surface area (TPSA) is 113 Å². The van der Waals surface area contributed by atoms with Crippen LogP contribution in [0.2, 0.25) is 0 Å². The van der Waals surface area contributed by atoms with Gasteiger partial charge in [0.15, 0.2) is 0 Å². The molecule has 2 heterocycles. The van der Waals surface area contributed by atoms with E-state index in [2.05, 4.69) is 5.32 Å². The number of ether oxygens (including phenoxy) is 5. The third-order valence-electron chi connectivity index (χ3n) is 6.68. The van der Waals surface area contributed by atoms with Gasteiger partial charge in [0.2, 0.25) is 5.91 Å². The minimum absolute atomic E-state index is 0.0201. The fraction of sp³-hybridized carbons (Fsp3) is 0.516. The van der Waals surface area contributed by atoms with E-state index < -0.39 is 23.7 Å². The molecule has 10 heteroatoms. The van der Waals surface area contributed by atoms with Gasteiger partial charge in [0.25, 0.3) is 0 Å². The number of carbonyl (C=O) groups excluding carboxylic acids is 3. The van der Waals surface area contributed by atoms with Gasteiger partial charge in [0.05, 0.1) is 25.8 Å². The Hall–Kier alpha value is -3.95. The fourth-order valence-corrected chi connectivity index (χ4v) is 4.95. The number of amides is 2. The number of rotatable bonds is 8. The summed E-state index contributed by atoms with van der Waals surface area (Å²) in [5, 5.41) is 2.89. The van der Waals surface area contributed by atoms with Crippen LogP contribution in [0.25, 0.3) is 0 Å². The van der Waals surface area contributed by atoms with Crippen molar-refractivity contribution in [2.24, 2.45) is 0 Å². The molecule has 41 heavy (non-hydrogen) atoms. The number of nitrogens with zero attached hydrogens (tertiary/aromatic N) is 1. The monoisotopic (exact) mass is 568 g/mol. The van der Waals surface area contributed by atoms with Gasteiger partial charge in [0, 0.05) is 24.6 Å². The Bertz CT molecular complexity index is 1300. The van der Waals surface area contributed by atoms with Crippen molar-refractivity contribution in [2.45, 2.75) is 84.7 Å². The van der Waals surface area contributed by atoms with Gasteiger partial charge in [-0.2, -0.15) is 0 Å². The highest BCUT2D eigenvalue weighted by Crippen LogP contribution is 2.34. The minimum atomic E-state index is -0.685. The van der Waals surface area contributed by atoms with Crippen LogP contribution in [0.5, 0.6) is 17.2 Å². The molecule has 2 aromatic rings. The number of hydrogen-bond acceptors (Lipinski definition) is 8. The van der Waals surface area contributed by atoms with Gasteiger partial charge in [-0.3, -0.25) is 9.69 Å². The third kappa shape index (κ3) is 7.62. The number of benzene rings is 2. The van der Waals surface area contributed by atoms with E-state index in [-0.39, 0.29) is 36.8 Å². The van der Waals surface area contributed by atoms with Crippen LogP contribution in [0, 0.1) is 6.92 Å². The summed E-state index contributed by atoms with van der Waals surface area (Å²) in [5.41, 5.74) is 2.16. The normalized spacial score (nSPS) is 18.4. The summed E-state index contributed by atoms with van der Waals surface area (Å²) in [5.74, 6) is 0.688. The molecule has 0 bridgehead atoms. The summed E-state index contributed by atoms with van der Waals surface area (Å²) >= 11 is 0. The Labute approximate surface area is 241 Å². The molecular formula is C31H40N2O8. The summed E-state index contributed by atoms with van der Waals surface area (Å²) in [4.78, 5) is 39.4. The number of esters is 1. The molecule has 0 radical (unpaired) electrons. The second kappa shape index (κ2) is 12.3. The Balaban J connectivity index is 1.55. The summed E-state index contributed by atoms with van der Waals surface area (Å²) in [6.45, 7) is 11.4. The average Bonchev–Trinajstić information content (AvgIpc) is 3.28. The van der Waals surface area contributed by atoms with E-state index in [9.17, 15) is 14.4 Å². The molecule has 222 valence electrons. The standard InChI is InChI=1S/C31H40N2O8/c1-18(2)39-26-13-19(3)12-25(28(26)29(35)37-7)38-17-21-14-23(16-33(21)30(36)41-31(4,5)6)40-22-10-8-20-9-11-27(34)32-24(20)15-22/h8,10,12-13,15,18,21,23H,9,11,14,16-17H2,1-7H3,(H,32,34)/t21-,23-/m0/s1. The summed E-state index contributed by atoms with van der Waals surface area (Å²) in [6.07, 6.45) is 0.638. The zero-order chi connectivity index (χ0) is 29.9. The van der Waals surface area contributed by atoms with Crippen LogP contribution >= 0.6 is 0 Å². The lowest BCUT2D eigenvalue weighted by molar-refractivity contribution is -0.116. The molecule has 2 aliphatic heterocycles. The first kappa shape index (κ1) is 30.0. The quantitative estimate of drug-likeness (QED) is 0.428. The maximum atomic E-state index is 13.2. The van der Waals surface area contributed by atoms with Crippen LogP contribution in [0.3, 0.4) is 0 Å². The number of fused-ring (bicyclic) bond motifs is 1. The van der Waals surface area contributed by atoms with Crippen molar-refractivity contribution in [2.75, 3.05) is 25.6 Å². The van der Waals surface area contributed by atoms with E-state index in [0.29, 0.717) is 36.5 Å². The summed E-state index contributed by atoms with van der Waals surface area (Å²) in [6, 6.07) is 8.78. The van der Waals surface area contributed by atoms with Crippen molar-refractivity contribution in [1.29, 1.82) is 0 Å². The van der Waals surface area contributed by atoms with E-state index in [1.807, 2.05) is 59.7 Å². The SMILES string of the molecule is COC(=O)c1c(OC[C@@H]2C[C@H](Oc3ccc4c(c3)NC(=O)CC4)CN2C(=O)OC(C)(C)C)cc(C)cc1OC(C)C. The van der Waals surface area contributed by atoms with Gasteiger partial charge in [-0.15, -0.1) is 0 Å². The number of likely N-dealkylation sites (tertiary alicyclic amines) is 1. The Morgan fingerprint density at radius 1 is 1.10 bits per heavy atom. The number of anilines is 1. The van der Waals surface area contributed by atoms with Crippen molar-refractivity contribution in [3.05, 3.63) is 47.0 Å². The molecule has 1 saturated heterocycles. The molecule has 2 amide bonds. The number of hydrogen-bond donors (Lipinski definition) is 1. The van der Waals surface area contributed by atoms with E-state index in [4.69, 9.17) is 23.7 Å². The predicted octanol–water partition coefficient (Wildman–Crippen LogP) is 5.29. The molecule has 2 aromatic carbocycles. The Kier molecular flexibility index (Phi) is 8.99. The molecule has 0 aliphatic carbocycles. The van der Waals surface area contributed by atoms with E-state index in [0.717, 1.165) is 16.8 Å². The molecule has 1 fully saturated rings. The van der Waals surface area contributed by atoms with Gasteiger partial charge in [-0.25, -0.2) is 9.59 Å². The van der Waals surface area contributed by atoms with Crippen LogP contribution in [0.4, 0.5) is 10.5 Å². The number of nitrogens with one attached hydrogen (secondary N) is 1. The minimum Gasteiger partial charge on any atom is -0.490 e. The number of aryl methyl sites for hydroxylation is 2. The Morgan fingerprint density at radius 2 is 1.83 bits per heavy atom. The van der Waals surface area contributed by atoms with E-state index >= 15 is 0 Å². The summed E-state index contributed by atoms with van der Waals surface area (Å²) in [7, 11) is 1.31. The maximum absolute atomic E-state index is 13.2. The zero-order valence-corrected chi connectivity index (χ0v) is 24.9. The third-order valence-corrected chi connectivity index (χ3v) is 6.68. The zero-order valence-electron chi connectivity index (χ0n) is 24.9. The highest BCUT2D eigenvalue weighted by atomic mass is 16.6. The van der Waals surface area contributed by atoms with Crippen LogP contribution in [-0.2, 0) is 20.7 Å². The first-order valence-electron chi connectivity index (χ1n) is 13.9. The molecule has 10 nitrogen and oxygen atoms in total. The lowest BCUT2D eigenvalue weighted by Gasteiger charge is -2.28. The molecular weight excluding hydrogens is 528 g/mol. The maximum Gasteiger partial charge on any atom is 0.410 e. The van der Waals surface area contributed by atoms with Crippen molar-refractivity contribution < 1.29 is 38.1 Å². The lowest BCUT2D eigenvalue weighted by atomic mass is 10.0. The molecule has 0 aromatic heterocycles. The summed E-state index contributed by atoms with van der Waals surface area (Å²) < 4.78 is 29.1. The molecule has 0 unspecified atom stereocenters. The van der Waals surface area contributed by atoms with Crippen LogP contribution < -0.4 is 19.5 Å². The highest BCUT2D eigenvalue weighted by molar-refractivity contribution is 5.96. The van der Waals surface area contributed by atoms with Crippen LogP contribution in [0.15, 0.2) is 30.3 Å². The number of carbonyl (C=O) groups is 3. The van der Waals surface area contributed by atoms with Gasteiger partial charge < -0.3 is 29.0 Å². The second-order valence-electron chi connectivity index (χ2n) is 11.7. The molecule has 2 atom stereocenters. The van der Waals surface area contributed by atoms with Crippen molar-refractivity contribution >= 4 is 23.7 Å². The smallest absolute Gasteiger partial charge is 0.410 e. The molecule has 0 spiro atoms. The molecule has 2 aliphatic rings. The first-order chi connectivity index (χ1) is 19.3. The van der Waals surface area contributed by atoms with Gasteiger partial charge in [-0.05, 0) is 77.3 Å². The van der Waals surface area contributed by atoms with Gasteiger partial charge in [0.1, 0.15) is 41.1 Å². The fourth-order valence-electron chi connectivity index (χ4n) is 4.95. The van der Waals surface area contributed by atoms with Gasteiger partial charge in [-0.1, -0.05) is 6.07 Å². The average molecular weight is 569 g/mol. The first-order valence-corrected chi connectivity index (χ1v) is 13.9. The predicted molar refractivity (Wildman–Crippen MR) is 153 cm³/mol. The molecule has 1 N–H and O–H groups in total. The largest absolute Gasteiger partial charge is 0.490 e. The number of methoxy groups -OCH3 is 1. The van der Waals surface area contributed by atoms with Crippen molar-refractivity contribution in [1.82, 2.24) is 4.90 Å². The van der Waals surface area contributed by atoms with Crippen LogP contribution in [0.1, 0.15) is 68.9 Å². The molecule has 4 rings (SSSR count). The van der Waals surface area contributed by atoms with Crippen molar-refractivity contribution in [3.8, 4) is 17.2 Å². The van der Waals surface area contributed by atoms with Crippen LogP contribution in [-0.4, -0.2) is 67.0 Å².